The lowest BCUT2D eigenvalue weighted by atomic mass is 10.0. The lowest BCUT2D eigenvalue weighted by Gasteiger charge is -2.23. The van der Waals surface area contributed by atoms with Crippen molar-refractivity contribution >= 4 is 7.32 Å². The Labute approximate surface area is 119 Å². The van der Waals surface area contributed by atoms with Gasteiger partial charge in [0.2, 0.25) is 0 Å². The van der Waals surface area contributed by atoms with Gasteiger partial charge in [-0.25, -0.2) is 0 Å². The van der Waals surface area contributed by atoms with E-state index in [4.69, 9.17) is 14.7 Å². The average molecular weight is 283 g/mol. The molecular formula is C13H22BNO5. The summed E-state index contributed by atoms with van der Waals surface area (Å²) in [5, 5.41) is 40.1. The summed E-state index contributed by atoms with van der Waals surface area (Å²) in [6, 6.07) is 4.68. The molecule has 0 fully saturated rings. The maximum Gasteiger partial charge on any atom is 0.707 e. The van der Waals surface area contributed by atoms with Crippen LogP contribution in [0.15, 0.2) is 18.2 Å². The van der Waals surface area contributed by atoms with E-state index in [9.17, 15) is 10.2 Å². The molecule has 0 spiro atoms. The number of hydrogen-bond acceptors (Lipinski definition) is 6. The Morgan fingerprint density at radius 3 is 2.45 bits per heavy atom. The second kappa shape index (κ2) is 7.05. The normalized spacial score (nSPS) is 13.2. The van der Waals surface area contributed by atoms with Gasteiger partial charge in [-0.05, 0) is 38.5 Å². The van der Waals surface area contributed by atoms with E-state index in [0.717, 1.165) is 0 Å². The molecule has 0 radical (unpaired) electrons. The summed E-state index contributed by atoms with van der Waals surface area (Å²) in [6.07, 6.45) is -0.729. The smallest absolute Gasteiger partial charge is 0.512 e. The van der Waals surface area contributed by atoms with E-state index in [1.165, 1.54) is 6.07 Å². The summed E-state index contributed by atoms with van der Waals surface area (Å²) in [5.74, 6) is 0.169. The van der Waals surface area contributed by atoms with Crippen molar-refractivity contribution in [1.82, 2.24) is 5.32 Å². The number of hydrogen-bond donors (Lipinski definition) is 5. The first-order valence-corrected chi connectivity index (χ1v) is 6.42. The maximum atomic E-state index is 10.1. The minimum Gasteiger partial charge on any atom is -0.512 e. The lowest BCUT2D eigenvalue weighted by molar-refractivity contribution is 0.163. The number of nitrogens with one attached hydrogen (secondary N) is 1. The molecule has 0 aliphatic carbocycles. The molecular weight excluding hydrogens is 261 g/mol. The molecule has 7 heteroatoms. The predicted octanol–water partition coefficient (Wildman–Crippen LogP) is -0.0513. The van der Waals surface area contributed by atoms with Crippen LogP contribution in [0.3, 0.4) is 0 Å². The number of benzene rings is 1. The standard InChI is InChI=1S/C13H22BNO5/c1-13(2,3)15-7-11(17)9-4-5-12(20-14(18)19)10(6-9)8-16/h4-6,11,15-19H,7-8H2,1-3H3/t11-/m1/s1. The molecule has 20 heavy (non-hydrogen) atoms. The first-order chi connectivity index (χ1) is 9.23. The Bertz CT molecular complexity index is 433. The lowest BCUT2D eigenvalue weighted by Crippen LogP contribution is -2.38. The zero-order valence-electron chi connectivity index (χ0n) is 12.0. The molecule has 0 heterocycles. The fourth-order valence-corrected chi connectivity index (χ4v) is 1.68. The number of β-amino-alcohol motifs (C(OH)–C–C–N with tert-alkyl or cyclic N) is 1. The van der Waals surface area contributed by atoms with E-state index in [1.807, 2.05) is 20.8 Å². The summed E-state index contributed by atoms with van der Waals surface area (Å²) in [5.41, 5.74) is 0.890. The highest BCUT2D eigenvalue weighted by Crippen LogP contribution is 2.24. The Balaban J connectivity index is 2.81. The SMILES string of the molecule is CC(C)(C)NC[C@@H](O)c1ccc(OB(O)O)c(CO)c1. The minimum atomic E-state index is -1.95. The second-order valence-corrected chi connectivity index (χ2v) is 5.62. The third kappa shape index (κ3) is 5.48. The summed E-state index contributed by atoms with van der Waals surface area (Å²) in [4.78, 5) is 0. The minimum absolute atomic E-state index is 0.106. The van der Waals surface area contributed by atoms with E-state index in [2.05, 4.69) is 5.32 Å². The van der Waals surface area contributed by atoms with Gasteiger partial charge in [-0.3, -0.25) is 0 Å². The zero-order chi connectivity index (χ0) is 15.3. The molecule has 1 rings (SSSR count). The Morgan fingerprint density at radius 2 is 1.95 bits per heavy atom. The largest absolute Gasteiger partial charge is 0.707 e. The fraction of sp³-hybridized carbons (Fsp3) is 0.538. The number of aliphatic hydroxyl groups is 2. The van der Waals surface area contributed by atoms with E-state index < -0.39 is 13.4 Å². The number of aliphatic hydroxyl groups excluding tert-OH is 2. The van der Waals surface area contributed by atoms with Crippen LogP contribution in [0.25, 0.3) is 0 Å². The van der Waals surface area contributed by atoms with Crippen molar-refractivity contribution < 1.29 is 24.9 Å². The first kappa shape index (κ1) is 16.9. The van der Waals surface area contributed by atoms with Crippen LogP contribution in [0.2, 0.25) is 0 Å². The quantitative estimate of drug-likeness (QED) is 0.469. The highest BCUT2D eigenvalue weighted by molar-refractivity contribution is 6.33. The van der Waals surface area contributed by atoms with E-state index in [-0.39, 0.29) is 17.9 Å². The van der Waals surface area contributed by atoms with Crippen molar-refractivity contribution in [1.29, 1.82) is 0 Å². The summed E-state index contributed by atoms with van der Waals surface area (Å²) in [7, 11) is -1.95. The molecule has 5 N–H and O–H groups in total. The molecule has 0 amide bonds. The van der Waals surface area contributed by atoms with Crippen LogP contribution in [-0.4, -0.2) is 39.7 Å². The van der Waals surface area contributed by atoms with Crippen LogP contribution in [0.4, 0.5) is 0 Å². The molecule has 1 aromatic carbocycles. The molecule has 0 aromatic heterocycles. The van der Waals surface area contributed by atoms with E-state index in [1.54, 1.807) is 12.1 Å². The van der Waals surface area contributed by atoms with Gasteiger partial charge >= 0.3 is 7.32 Å². The van der Waals surface area contributed by atoms with E-state index in [0.29, 0.717) is 17.7 Å². The monoisotopic (exact) mass is 283 g/mol. The van der Waals surface area contributed by atoms with Crippen LogP contribution in [0, 0.1) is 0 Å². The van der Waals surface area contributed by atoms with Crippen molar-refractivity contribution in [2.24, 2.45) is 0 Å². The van der Waals surface area contributed by atoms with Crippen LogP contribution < -0.4 is 9.97 Å². The van der Waals surface area contributed by atoms with Crippen LogP contribution in [-0.2, 0) is 6.61 Å². The molecule has 112 valence electrons. The van der Waals surface area contributed by atoms with Gasteiger partial charge in [0.25, 0.3) is 0 Å². The third-order valence-electron chi connectivity index (χ3n) is 2.70. The van der Waals surface area contributed by atoms with Gasteiger partial charge in [0.15, 0.2) is 0 Å². The average Bonchev–Trinajstić information content (AvgIpc) is 2.34. The summed E-state index contributed by atoms with van der Waals surface area (Å²) < 4.78 is 4.74. The van der Waals surface area contributed by atoms with Gasteiger partial charge in [0.1, 0.15) is 5.75 Å². The molecule has 6 nitrogen and oxygen atoms in total. The summed E-state index contributed by atoms with van der Waals surface area (Å²) in [6.45, 7) is 6.04. The highest BCUT2D eigenvalue weighted by atomic mass is 16.6. The van der Waals surface area contributed by atoms with Gasteiger partial charge in [0, 0.05) is 17.6 Å². The molecule has 0 bridgehead atoms. The first-order valence-electron chi connectivity index (χ1n) is 6.42. The Hall–Kier alpha value is -1.12. The molecule has 0 unspecified atom stereocenters. The Kier molecular flexibility index (Phi) is 5.97. The topological polar surface area (TPSA) is 102 Å². The van der Waals surface area contributed by atoms with Crippen molar-refractivity contribution in [2.45, 2.75) is 39.0 Å². The van der Waals surface area contributed by atoms with Crippen LogP contribution >= 0.6 is 0 Å². The Morgan fingerprint density at radius 1 is 1.30 bits per heavy atom. The third-order valence-corrected chi connectivity index (χ3v) is 2.70. The van der Waals surface area contributed by atoms with Crippen molar-refractivity contribution in [2.75, 3.05) is 6.54 Å². The van der Waals surface area contributed by atoms with Gasteiger partial charge in [0.05, 0.1) is 12.7 Å². The summed E-state index contributed by atoms with van der Waals surface area (Å²) >= 11 is 0. The zero-order valence-corrected chi connectivity index (χ0v) is 12.0. The van der Waals surface area contributed by atoms with Gasteiger partial charge < -0.3 is 30.2 Å². The molecule has 1 aromatic rings. The molecule has 0 saturated carbocycles. The van der Waals surface area contributed by atoms with Crippen molar-refractivity contribution in [3.63, 3.8) is 0 Å². The highest BCUT2D eigenvalue weighted by Gasteiger charge is 2.17. The molecule has 0 saturated heterocycles. The molecule has 0 aliphatic heterocycles. The van der Waals surface area contributed by atoms with Crippen molar-refractivity contribution in [3.8, 4) is 5.75 Å². The molecule has 1 atom stereocenters. The maximum absolute atomic E-state index is 10.1. The fourth-order valence-electron chi connectivity index (χ4n) is 1.68. The van der Waals surface area contributed by atoms with Gasteiger partial charge in [-0.1, -0.05) is 6.07 Å². The number of rotatable bonds is 6. The second-order valence-electron chi connectivity index (χ2n) is 5.62. The predicted molar refractivity (Wildman–Crippen MR) is 75.9 cm³/mol. The van der Waals surface area contributed by atoms with Crippen LogP contribution in [0.5, 0.6) is 5.75 Å². The van der Waals surface area contributed by atoms with Crippen LogP contribution in [0.1, 0.15) is 38.0 Å². The van der Waals surface area contributed by atoms with E-state index >= 15 is 0 Å². The van der Waals surface area contributed by atoms with Gasteiger partial charge in [-0.15, -0.1) is 0 Å². The molecule has 0 aliphatic rings. The van der Waals surface area contributed by atoms with Crippen molar-refractivity contribution in [3.05, 3.63) is 29.3 Å². The van der Waals surface area contributed by atoms with Gasteiger partial charge in [-0.2, -0.15) is 0 Å².